The van der Waals surface area contributed by atoms with E-state index in [-0.39, 0.29) is 5.41 Å². The van der Waals surface area contributed by atoms with Crippen molar-refractivity contribution in [3.63, 3.8) is 0 Å². The molecular formula is C10H12O3. The van der Waals surface area contributed by atoms with E-state index < -0.39 is 0 Å². The fourth-order valence-corrected chi connectivity index (χ4v) is 1.48. The van der Waals surface area contributed by atoms with Crippen LogP contribution in [0.3, 0.4) is 0 Å². The van der Waals surface area contributed by atoms with Crippen LogP contribution in [0.25, 0.3) is 0 Å². The largest absolute Gasteiger partial charge is 0.458 e. The van der Waals surface area contributed by atoms with Crippen LogP contribution in [-0.4, -0.2) is 13.1 Å². The summed E-state index contributed by atoms with van der Waals surface area (Å²) in [5.41, 5.74) is -0.364. The molecule has 3 nitrogen and oxygen atoms in total. The van der Waals surface area contributed by atoms with Gasteiger partial charge < -0.3 is 14.3 Å². The van der Waals surface area contributed by atoms with Crippen LogP contribution < -0.4 is 0 Å². The second kappa shape index (κ2) is 2.91. The maximum atomic E-state index is 10.8. The molecule has 13 heavy (non-hydrogen) atoms. The minimum absolute atomic E-state index is 0.312. The molecule has 2 aliphatic rings. The summed E-state index contributed by atoms with van der Waals surface area (Å²) < 4.78 is 10.5. The van der Waals surface area contributed by atoms with E-state index in [0.717, 1.165) is 30.6 Å². The van der Waals surface area contributed by atoms with Crippen molar-refractivity contribution < 1.29 is 14.3 Å². The molecule has 0 N–H and O–H groups in total. The van der Waals surface area contributed by atoms with Gasteiger partial charge in [-0.25, -0.2) is 0 Å². The molecule has 0 fully saturated rings. The Balaban J connectivity index is 2.22. The Morgan fingerprint density at radius 2 is 2.38 bits per heavy atom. The molecule has 70 valence electrons. The monoisotopic (exact) mass is 180 g/mol. The van der Waals surface area contributed by atoms with Crippen LogP contribution in [0.15, 0.2) is 23.7 Å². The van der Waals surface area contributed by atoms with Gasteiger partial charge in [-0.2, -0.15) is 0 Å². The van der Waals surface area contributed by atoms with E-state index in [9.17, 15) is 4.79 Å². The highest BCUT2D eigenvalue weighted by molar-refractivity contribution is 5.62. The van der Waals surface area contributed by atoms with E-state index in [2.05, 4.69) is 0 Å². The van der Waals surface area contributed by atoms with Gasteiger partial charge in [-0.1, -0.05) is 6.08 Å². The Morgan fingerprint density at radius 1 is 1.54 bits per heavy atom. The number of carbonyl (C=O) groups is 1. The van der Waals surface area contributed by atoms with Crippen LogP contribution >= 0.6 is 0 Å². The quantitative estimate of drug-likeness (QED) is 0.577. The Kier molecular flexibility index (Phi) is 1.87. The van der Waals surface area contributed by atoms with E-state index in [0.29, 0.717) is 6.79 Å². The smallest absolute Gasteiger partial charge is 0.230 e. The molecule has 0 aromatic heterocycles. The zero-order chi connectivity index (χ0) is 9.31. The lowest BCUT2D eigenvalue weighted by atomic mass is 9.88. The summed E-state index contributed by atoms with van der Waals surface area (Å²) in [5.74, 6) is 1.66. The average Bonchev–Trinajstić information content (AvgIpc) is 2.54. The first kappa shape index (κ1) is 8.35. The molecule has 0 saturated heterocycles. The van der Waals surface area contributed by atoms with Gasteiger partial charge in [0.05, 0.1) is 0 Å². The van der Waals surface area contributed by atoms with Crippen LogP contribution in [0.5, 0.6) is 0 Å². The second-order valence-corrected chi connectivity index (χ2v) is 3.65. The van der Waals surface area contributed by atoms with Gasteiger partial charge >= 0.3 is 0 Å². The van der Waals surface area contributed by atoms with E-state index >= 15 is 0 Å². The third kappa shape index (κ3) is 1.46. The Bertz CT molecular complexity index is 291. The topological polar surface area (TPSA) is 35.5 Å². The molecule has 0 amide bonds. The molecule has 3 heteroatoms. The van der Waals surface area contributed by atoms with Gasteiger partial charge in [-0.3, -0.25) is 0 Å². The molecule has 0 saturated carbocycles. The van der Waals surface area contributed by atoms with Crippen molar-refractivity contribution in [2.45, 2.75) is 19.8 Å². The fraction of sp³-hybridized carbons (Fsp3) is 0.500. The molecule has 0 aromatic carbocycles. The second-order valence-electron chi connectivity index (χ2n) is 3.65. The lowest BCUT2D eigenvalue weighted by Gasteiger charge is -2.16. The molecule has 0 radical (unpaired) electrons. The predicted octanol–water partition coefficient (Wildman–Crippen LogP) is 1.76. The van der Waals surface area contributed by atoms with Crippen molar-refractivity contribution in [2.24, 2.45) is 5.41 Å². The first-order valence-electron chi connectivity index (χ1n) is 4.38. The van der Waals surface area contributed by atoms with Gasteiger partial charge in [0.2, 0.25) is 6.79 Å². The molecule has 1 unspecified atom stereocenters. The summed E-state index contributed by atoms with van der Waals surface area (Å²) in [4.78, 5) is 10.8. The zero-order valence-electron chi connectivity index (χ0n) is 7.58. The van der Waals surface area contributed by atoms with Crippen molar-refractivity contribution in [3.05, 3.63) is 23.7 Å². The summed E-state index contributed by atoms with van der Waals surface area (Å²) >= 11 is 0. The Hall–Kier alpha value is -1.25. The van der Waals surface area contributed by atoms with Gasteiger partial charge in [-0.15, -0.1) is 0 Å². The van der Waals surface area contributed by atoms with E-state index in [1.807, 2.05) is 19.1 Å². The molecule has 1 atom stereocenters. The third-order valence-corrected chi connectivity index (χ3v) is 2.50. The first-order valence-corrected chi connectivity index (χ1v) is 4.38. The van der Waals surface area contributed by atoms with E-state index in [1.165, 1.54) is 0 Å². The van der Waals surface area contributed by atoms with E-state index in [1.54, 1.807) is 0 Å². The third-order valence-electron chi connectivity index (χ3n) is 2.50. The molecule has 1 heterocycles. The van der Waals surface area contributed by atoms with Crippen LogP contribution in [0.4, 0.5) is 0 Å². The number of ether oxygens (including phenoxy) is 2. The number of rotatable bonds is 1. The average molecular weight is 180 g/mol. The van der Waals surface area contributed by atoms with Gasteiger partial charge in [0.1, 0.15) is 12.0 Å². The lowest BCUT2D eigenvalue weighted by molar-refractivity contribution is -0.113. The standard InChI is InChI=1S/C10H12O3/c1-10(6-11)4-2-8-9(3-5-10)13-7-12-8/h2,4,6H,3,5,7H2,1H3. The highest BCUT2D eigenvalue weighted by Gasteiger charge is 2.27. The summed E-state index contributed by atoms with van der Waals surface area (Å²) in [6.45, 7) is 2.23. The molecular weight excluding hydrogens is 168 g/mol. The Morgan fingerprint density at radius 3 is 3.15 bits per heavy atom. The Labute approximate surface area is 77.0 Å². The van der Waals surface area contributed by atoms with Crippen molar-refractivity contribution in [2.75, 3.05) is 6.79 Å². The maximum absolute atomic E-state index is 10.8. The number of hydrogen-bond donors (Lipinski definition) is 0. The van der Waals surface area contributed by atoms with Gasteiger partial charge in [-0.05, 0) is 19.4 Å². The SMILES string of the molecule is CC1(C=O)C=CC2=C(CC1)OCO2. The number of carbonyl (C=O) groups excluding carboxylic acids is 1. The van der Waals surface area contributed by atoms with Crippen molar-refractivity contribution in [3.8, 4) is 0 Å². The number of aldehydes is 1. The van der Waals surface area contributed by atoms with Gasteiger partial charge in [0, 0.05) is 11.8 Å². The summed E-state index contributed by atoms with van der Waals surface area (Å²) in [6.07, 6.45) is 6.26. The van der Waals surface area contributed by atoms with Crippen molar-refractivity contribution in [1.82, 2.24) is 0 Å². The van der Waals surface area contributed by atoms with E-state index in [4.69, 9.17) is 9.47 Å². The summed E-state index contributed by atoms with van der Waals surface area (Å²) in [7, 11) is 0. The first-order chi connectivity index (χ1) is 6.23. The minimum Gasteiger partial charge on any atom is -0.458 e. The molecule has 0 bridgehead atoms. The van der Waals surface area contributed by atoms with Crippen LogP contribution in [0.1, 0.15) is 19.8 Å². The number of hydrogen-bond acceptors (Lipinski definition) is 3. The maximum Gasteiger partial charge on any atom is 0.230 e. The summed E-state index contributed by atoms with van der Waals surface area (Å²) in [5, 5.41) is 0. The zero-order valence-corrected chi connectivity index (χ0v) is 7.58. The van der Waals surface area contributed by atoms with Crippen molar-refractivity contribution in [1.29, 1.82) is 0 Å². The highest BCUT2D eigenvalue weighted by Crippen LogP contribution is 2.33. The van der Waals surface area contributed by atoms with Crippen LogP contribution in [-0.2, 0) is 14.3 Å². The molecule has 1 aliphatic carbocycles. The van der Waals surface area contributed by atoms with Crippen molar-refractivity contribution >= 4 is 6.29 Å². The normalized spacial score (nSPS) is 31.8. The predicted molar refractivity (Wildman–Crippen MR) is 46.6 cm³/mol. The lowest BCUT2D eigenvalue weighted by Crippen LogP contribution is -2.14. The molecule has 0 spiro atoms. The molecule has 1 aliphatic heterocycles. The molecule has 0 aromatic rings. The minimum atomic E-state index is -0.364. The van der Waals surface area contributed by atoms with Gasteiger partial charge in [0.15, 0.2) is 5.76 Å². The van der Waals surface area contributed by atoms with Crippen LogP contribution in [0, 0.1) is 5.41 Å². The highest BCUT2D eigenvalue weighted by atomic mass is 16.7. The van der Waals surface area contributed by atoms with Gasteiger partial charge in [0.25, 0.3) is 0 Å². The molecule has 2 rings (SSSR count). The fourth-order valence-electron chi connectivity index (χ4n) is 1.48. The number of allylic oxidation sites excluding steroid dienone is 3. The summed E-state index contributed by atoms with van der Waals surface area (Å²) in [6, 6.07) is 0. The van der Waals surface area contributed by atoms with Crippen LogP contribution in [0.2, 0.25) is 0 Å².